The predicted molar refractivity (Wildman–Crippen MR) is 87.5 cm³/mol. The number of thioether (sulfide) groups is 1. The molecule has 2 N–H and O–H groups in total. The van der Waals surface area contributed by atoms with Crippen LogP contribution in [0.15, 0.2) is 0 Å². The average Bonchev–Trinajstić information content (AvgIpc) is 2.49. The zero-order valence-electron chi connectivity index (χ0n) is 13.0. The van der Waals surface area contributed by atoms with Crippen LogP contribution in [0.25, 0.3) is 0 Å². The van der Waals surface area contributed by atoms with Gasteiger partial charge in [-0.3, -0.25) is 10.1 Å². The van der Waals surface area contributed by atoms with Crippen molar-refractivity contribution in [3.8, 4) is 0 Å². The number of rotatable bonds is 4. The van der Waals surface area contributed by atoms with E-state index in [2.05, 4.69) is 10.6 Å². The molecular weight excluding hydrogens is 284 g/mol. The van der Waals surface area contributed by atoms with Crippen molar-refractivity contribution >= 4 is 23.7 Å². The summed E-state index contributed by atoms with van der Waals surface area (Å²) in [5.74, 6) is -0.154. The normalized spacial score (nSPS) is 22.5. The van der Waals surface area contributed by atoms with Crippen molar-refractivity contribution < 1.29 is 9.59 Å². The molecule has 0 aromatic rings. The molecule has 2 fully saturated rings. The quantitative estimate of drug-likeness (QED) is 0.834. The summed E-state index contributed by atoms with van der Waals surface area (Å²) in [7, 11) is 0. The number of amides is 3. The highest BCUT2D eigenvalue weighted by Crippen LogP contribution is 2.30. The monoisotopic (exact) mass is 312 g/mol. The summed E-state index contributed by atoms with van der Waals surface area (Å²) in [6, 6.07) is -0.0733. The number of hydrogen-bond acceptors (Lipinski definition) is 3. The van der Waals surface area contributed by atoms with Gasteiger partial charge in [0.05, 0.1) is 5.25 Å². The van der Waals surface area contributed by atoms with Gasteiger partial charge in [0.2, 0.25) is 5.91 Å². The summed E-state index contributed by atoms with van der Waals surface area (Å²) in [6.45, 7) is 1.91. The minimum Gasteiger partial charge on any atom is -0.335 e. The molecule has 0 bridgehead atoms. The van der Waals surface area contributed by atoms with E-state index in [-0.39, 0.29) is 23.2 Å². The van der Waals surface area contributed by atoms with Gasteiger partial charge >= 0.3 is 6.03 Å². The van der Waals surface area contributed by atoms with Gasteiger partial charge in [-0.2, -0.15) is 0 Å². The molecule has 21 heavy (non-hydrogen) atoms. The largest absolute Gasteiger partial charge is 0.335 e. The third-order valence-corrected chi connectivity index (χ3v) is 5.97. The van der Waals surface area contributed by atoms with Crippen LogP contribution < -0.4 is 10.6 Å². The van der Waals surface area contributed by atoms with Crippen LogP contribution in [0.2, 0.25) is 0 Å². The topological polar surface area (TPSA) is 58.2 Å². The lowest BCUT2D eigenvalue weighted by atomic mass is 9.96. The first-order valence-corrected chi connectivity index (χ1v) is 9.36. The van der Waals surface area contributed by atoms with E-state index in [9.17, 15) is 9.59 Å². The third-order valence-electron chi connectivity index (χ3n) is 4.50. The molecule has 0 unspecified atom stereocenters. The zero-order valence-corrected chi connectivity index (χ0v) is 13.8. The summed E-state index contributed by atoms with van der Waals surface area (Å²) in [5.41, 5.74) is 0. The second-order valence-corrected chi connectivity index (χ2v) is 7.98. The van der Waals surface area contributed by atoms with Crippen LogP contribution >= 0.6 is 11.8 Å². The molecule has 120 valence electrons. The molecule has 2 aliphatic carbocycles. The SMILES string of the molecule is C[C@@H](SC1CCCCC1)C(=O)NC(=O)NC1CCCCC1. The Labute approximate surface area is 132 Å². The van der Waals surface area contributed by atoms with Gasteiger partial charge in [0, 0.05) is 11.3 Å². The molecule has 0 aromatic carbocycles. The van der Waals surface area contributed by atoms with Crippen molar-refractivity contribution in [1.82, 2.24) is 10.6 Å². The van der Waals surface area contributed by atoms with Gasteiger partial charge in [-0.05, 0) is 32.6 Å². The molecule has 0 aromatic heterocycles. The Kier molecular flexibility index (Phi) is 6.87. The standard InChI is InChI=1S/C16H28N2O2S/c1-12(21-14-10-6-3-7-11-14)15(19)18-16(20)17-13-8-4-2-5-9-13/h12-14H,2-11H2,1H3,(H2,17,18,19,20)/t12-/m1/s1. The smallest absolute Gasteiger partial charge is 0.321 e. The van der Waals surface area contributed by atoms with E-state index in [4.69, 9.17) is 0 Å². The maximum atomic E-state index is 12.1. The molecule has 4 nitrogen and oxygen atoms in total. The highest BCUT2D eigenvalue weighted by atomic mass is 32.2. The van der Waals surface area contributed by atoms with Gasteiger partial charge in [-0.15, -0.1) is 11.8 Å². The highest BCUT2D eigenvalue weighted by Gasteiger charge is 2.23. The number of carbonyl (C=O) groups excluding carboxylic acids is 2. The predicted octanol–water partition coefficient (Wildman–Crippen LogP) is 3.60. The lowest BCUT2D eigenvalue weighted by Crippen LogP contribution is -2.47. The van der Waals surface area contributed by atoms with E-state index in [1.807, 2.05) is 6.92 Å². The van der Waals surface area contributed by atoms with E-state index in [0.29, 0.717) is 5.25 Å². The Balaban J connectivity index is 1.67. The van der Waals surface area contributed by atoms with Crippen molar-refractivity contribution in [2.75, 3.05) is 0 Å². The van der Waals surface area contributed by atoms with Crippen molar-refractivity contribution in [2.45, 2.75) is 87.7 Å². The van der Waals surface area contributed by atoms with E-state index < -0.39 is 0 Å². The van der Waals surface area contributed by atoms with Crippen molar-refractivity contribution in [1.29, 1.82) is 0 Å². The van der Waals surface area contributed by atoms with Gasteiger partial charge in [0.1, 0.15) is 0 Å². The number of hydrogen-bond donors (Lipinski definition) is 2. The average molecular weight is 312 g/mol. The Bertz CT molecular complexity index is 350. The Morgan fingerprint density at radius 3 is 2.14 bits per heavy atom. The first kappa shape index (κ1) is 16.7. The molecule has 2 aliphatic rings. The lowest BCUT2D eigenvalue weighted by molar-refractivity contribution is -0.119. The van der Waals surface area contributed by atoms with Crippen LogP contribution in [0.1, 0.15) is 71.1 Å². The maximum absolute atomic E-state index is 12.1. The molecule has 0 heterocycles. The second-order valence-electron chi connectivity index (χ2n) is 6.34. The van der Waals surface area contributed by atoms with Gasteiger partial charge in [0.15, 0.2) is 0 Å². The fourth-order valence-corrected chi connectivity index (χ4v) is 4.60. The molecule has 0 aliphatic heterocycles. The summed E-state index contributed by atoms with van der Waals surface area (Å²) in [5, 5.41) is 5.87. The van der Waals surface area contributed by atoms with E-state index in [1.165, 1.54) is 51.4 Å². The summed E-state index contributed by atoms with van der Waals surface area (Å²) < 4.78 is 0. The molecule has 0 radical (unpaired) electrons. The number of urea groups is 1. The van der Waals surface area contributed by atoms with Crippen LogP contribution in [0, 0.1) is 0 Å². The highest BCUT2D eigenvalue weighted by molar-refractivity contribution is 8.01. The van der Waals surface area contributed by atoms with Crippen LogP contribution in [0.4, 0.5) is 4.79 Å². The van der Waals surface area contributed by atoms with E-state index in [0.717, 1.165) is 12.8 Å². The molecule has 0 saturated heterocycles. The van der Waals surface area contributed by atoms with Gasteiger partial charge < -0.3 is 5.32 Å². The molecule has 2 rings (SSSR count). The summed E-state index contributed by atoms with van der Waals surface area (Å²) in [6.07, 6.45) is 12.0. The first-order chi connectivity index (χ1) is 10.1. The molecule has 3 amide bonds. The Hall–Kier alpha value is -0.710. The maximum Gasteiger partial charge on any atom is 0.321 e. The van der Waals surface area contributed by atoms with E-state index in [1.54, 1.807) is 11.8 Å². The summed E-state index contributed by atoms with van der Waals surface area (Å²) in [4.78, 5) is 23.9. The van der Waals surface area contributed by atoms with Gasteiger partial charge in [0.25, 0.3) is 0 Å². The van der Waals surface area contributed by atoms with Crippen LogP contribution in [0.5, 0.6) is 0 Å². The molecule has 5 heteroatoms. The molecule has 0 spiro atoms. The number of imide groups is 1. The fraction of sp³-hybridized carbons (Fsp3) is 0.875. The van der Waals surface area contributed by atoms with Crippen LogP contribution in [-0.2, 0) is 4.79 Å². The number of nitrogens with one attached hydrogen (secondary N) is 2. The third kappa shape index (κ3) is 5.89. The molecule has 1 atom stereocenters. The molecule has 2 saturated carbocycles. The number of carbonyl (C=O) groups is 2. The second kappa shape index (κ2) is 8.66. The lowest BCUT2D eigenvalue weighted by Gasteiger charge is -2.25. The van der Waals surface area contributed by atoms with Crippen LogP contribution in [0.3, 0.4) is 0 Å². The minimum atomic E-state index is -0.317. The van der Waals surface area contributed by atoms with Crippen molar-refractivity contribution in [3.63, 3.8) is 0 Å². The first-order valence-electron chi connectivity index (χ1n) is 8.42. The van der Waals surface area contributed by atoms with Crippen molar-refractivity contribution in [3.05, 3.63) is 0 Å². The van der Waals surface area contributed by atoms with E-state index >= 15 is 0 Å². The minimum absolute atomic E-state index is 0.148. The van der Waals surface area contributed by atoms with Gasteiger partial charge in [-0.1, -0.05) is 38.5 Å². The van der Waals surface area contributed by atoms with Crippen LogP contribution in [-0.4, -0.2) is 28.5 Å². The fourth-order valence-electron chi connectivity index (χ4n) is 3.23. The van der Waals surface area contributed by atoms with Crippen molar-refractivity contribution in [2.24, 2.45) is 0 Å². The summed E-state index contributed by atoms with van der Waals surface area (Å²) >= 11 is 1.72. The van der Waals surface area contributed by atoms with Gasteiger partial charge in [-0.25, -0.2) is 4.79 Å². The Morgan fingerprint density at radius 2 is 1.52 bits per heavy atom. The molecular formula is C16H28N2O2S. The zero-order chi connectivity index (χ0) is 15.1. The Morgan fingerprint density at radius 1 is 0.952 bits per heavy atom.